The van der Waals surface area contributed by atoms with E-state index in [1.54, 1.807) is 0 Å². The normalized spacial score (nSPS) is 12.9. The van der Waals surface area contributed by atoms with Crippen molar-refractivity contribution in [1.82, 2.24) is 5.48 Å². The Kier molecular flexibility index (Phi) is 6.59. The SMILES string of the molecule is COC(=O)[C@H](COS(C)(=O)=O)NOCc1ccccc1. The first-order chi connectivity index (χ1) is 9.42. The highest BCUT2D eigenvalue weighted by atomic mass is 32.2. The van der Waals surface area contributed by atoms with E-state index in [2.05, 4.69) is 14.4 Å². The minimum atomic E-state index is -3.64. The van der Waals surface area contributed by atoms with Gasteiger partial charge in [-0.05, 0) is 5.56 Å². The minimum Gasteiger partial charge on any atom is -0.468 e. The predicted octanol–water partition coefficient (Wildman–Crippen LogP) is 0.226. The summed E-state index contributed by atoms with van der Waals surface area (Å²) in [4.78, 5) is 16.6. The van der Waals surface area contributed by atoms with Crippen molar-refractivity contribution in [3.05, 3.63) is 35.9 Å². The molecule has 0 radical (unpaired) electrons. The molecule has 1 rings (SSSR count). The van der Waals surface area contributed by atoms with Crippen molar-refractivity contribution in [1.29, 1.82) is 0 Å². The first-order valence-corrected chi connectivity index (χ1v) is 7.57. The van der Waals surface area contributed by atoms with Gasteiger partial charge in [0.1, 0.15) is 0 Å². The van der Waals surface area contributed by atoms with Gasteiger partial charge in [0, 0.05) is 0 Å². The molecule has 0 unspecified atom stereocenters. The van der Waals surface area contributed by atoms with Crippen LogP contribution in [0.3, 0.4) is 0 Å². The fraction of sp³-hybridized carbons (Fsp3) is 0.417. The summed E-state index contributed by atoms with van der Waals surface area (Å²) in [6.45, 7) is -0.187. The predicted molar refractivity (Wildman–Crippen MR) is 71.0 cm³/mol. The zero-order valence-corrected chi connectivity index (χ0v) is 12.1. The van der Waals surface area contributed by atoms with E-state index in [1.807, 2.05) is 30.3 Å². The van der Waals surface area contributed by atoms with Gasteiger partial charge >= 0.3 is 5.97 Å². The number of carbonyl (C=O) groups is 1. The number of hydrogen-bond donors (Lipinski definition) is 1. The largest absolute Gasteiger partial charge is 0.468 e. The van der Waals surface area contributed by atoms with Crippen LogP contribution in [0.5, 0.6) is 0 Å². The van der Waals surface area contributed by atoms with E-state index in [0.29, 0.717) is 0 Å². The number of ether oxygens (including phenoxy) is 1. The molecule has 0 amide bonds. The second kappa shape index (κ2) is 7.95. The van der Waals surface area contributed by atoms with E-state index in [1.165, 1.54) is 7.11 Å². The smallest absolute Gasteiger partial charge is 0.327 e. The van der Waals surface area contributed by atoms with Crippen molar-refractivity contribution >= 4 is 16.1 Å². The number of hydrogen-bond acceptors (Lipinski definition) is 7. The number of benzene rings is 1. The summed E-state index contributed by atoms with van der Waals surface area (Å²) in [5.74, 6) is -0.679. The maximum Gasteiger partial charge on any atom is 0.327 e. The first kappa shape index (κ1) is 16.6. The Hall–Kier alpha value is -1.48. The van der Waals surface area contributed by atoms with E-state index in [-0.39, 0.29) is 6.61 Å². The highest BCUT2D eigenvalue weighted by Crippen LogP contribution is 2.01. The van der Waals surface area contributed by atoms with Crippen LogP contribution in [0.2, 0.25) is 0 Å². The molecule has 112 valence electrons. The van der Waals surface area contributed by atoms with Crippen molar-refractivity contribution < 1.29 is 27.0 Å². The summed E-state index contributed by atoms with van der Waals surface area (Å²) < 4.78 is 30.9. The van der Waals surface area contributed by atoms with E-state index >= 15 is 0 Å². The molecule has 1 aromatic rings. The van der Waals surface area contributed by atoms with Crippen LogP contribution in [0.1, 0.15) is 5.56 Å². The molecule has 0 heterocycles. The Morgan fingerprint density at radius 2 is 1.95 bits per heavy atom. The van der Waals surface area contributed by atoms with Crippen molar-refractivity contribution in [3.8, 4) is 0 Å². The Morgan fingerprint density at radius 1 is 1.30 bits per heavy atom. The molecule has 1 aromatic carbocycles. The van der Waals surface area contributed by atoms with Crippen LogP contribution >= 0.6 is 0 Å². The van der Waals surface area contributed by atoms with Crippen LogP contribution in [-0.2, 0) is 35.3 Å². The van der Waals surface area contributed by atoms with Crippen LogP contribution in [0, 0.1) is 0 Å². The van der Waals surface area contributed by atoms with E-state index in [9.17, 15) is 13.2 Å². The third kappa shape index (κ3) is 6.62. The monoisotopic (exact) mass is 303 g/mol. The molecule has 8 heteroatoms. The lowest BCUT2D eigenvalue weighted by Gasteiger charge is -2.15. The number of esters is 1. The molecule has 1 N–H and O–H groups in total. The van der Waals surface area contributed by atoms with Crippen LogP contribution in [-0.4, -0.2) is 40.4 Å². The average Bonchev–Trinajstić information content (AvgIpc) is 2.42. The topological polar surface area (TPSA) is 90.9 Å². The summed E-state index contributed by atoms with van der Waals surface area (Å²) in [7, 11) is -2.45. The van der Waals surface area contributed by atoms with E-state index in [4.69, 9.17) is 4.84 Å². The van der Waals surface area contributed by atoms with E-state index in [0.717, 1.165) is 11.8 Å². The zero-order chi connectivity index (χ0) is 15.0. The van der Waals surface area contributed by atoms with Gasteiger partial charge in [-0.1, -0.05) is 30.3 Å². The first-order valence-electron chi connectivity index (χ1n) is 5.76. The summed E-state index contributed by atoms with van der Waals surface area (Å²) in [5, 5.41) is 0. The summed E-state index contributed by atoms with van der Waals surface area (Å²) in [5.41, 5.74) is 3.32. The molecular formula is C12H17NO6S. The lowest BCUT2D eigenvalue weighted by Crippen LogP contribution is -2.41. The number of rotatable bonds is 8. The van der Waals surface area contributed by atoms with Gasteiger partial charge in [0.25, 0.3) is 10.1 Å². The molecule has 0 bridgehead atoms. The Morgan fingerprint density at radius 3 is 2.50 bits per heavy atom. The van der Waals surface area contributed by atoms with Crippen LogP contribution in [0.4, 0.5) is 0 Å². The maximum absolute atomic E-state index is 11.4. The molecule has 0 aliphatic rings. The maximum atomic E-state index is 11.4. The second-order valence-corrected chi connectivity index (χ2v) is 5.60. The highest BCUT2D eigenvalue weighted by Gasteiger charge is 2.21. The molecule has 7 nitrogen and oxygen atoms in total. The molecule has 0 saturated heterocycles. The van der Waals surface area contributed by atoms with Crippen LogP contribution in [0.25, 0.3) is 0 Å². The van der Waals surface area contributed by atoms with Crippen molar-refractivity contribution in [2.75, 3.05) is 20.0 Å². The number of carbonyl (C=O) groups excluding carboxylic acids is 1. The standard InChI is InChI=1S/C12H17NO6S/c1-17-12(14)11(9-19-20(2,15)16)13-18-8-10-6-4-3-5-7-10/h3-7,11,13H,8-9H2,1-2H3/t11-/m0/s1. The van der Waals surface area contributed by atoms with Crippen LogP contribution < -0.4 is 5.48 Å². The summed E-state index contributed by atoms with van der Waals surface area (Å²) in [6, 6.07) is 8.24. The summed E-state index contributed by atoms with van der Waals surface area (Å²) in [6.07, 6.45) is 0.895. The number of nitrogens with one attached hydrogen (secondary N) is 1. The lowest BCUT2D eigenvalue weighted by molar-refractivity contribution is -0.149. The molecule has 0 fully saturated rings. The summed E-state index contributed by atoms with van der Waals surface area (Å²) >= 11 is 0. The lowest BCUT2D eigenvalue weighted by atomic mass is 10.2. The minimum absolute atomic E-state index is 0.215. The highest BCUT2D eigenvalue weighted by molar-refractivity contribution is 7.85. The molecule has 0 saturated carbocycles. The molecular weight excluding hydrogens is 286 g/mol. The fourth-order valence-electron chi connectivity index (χ4n) is 1.28. The van der Waals surface area contributed by atoms with Gasteiger partial charge in [0.2, 0.25) is 0 Å². The molecule has 0 aromatic heterocycles. The molecule has 0 aliphatic carbocycles. The molecule has 0 aliphatic heterocycles. The van der Waals surface area contributed by atoms with Gasteiger partial charge < -0.3 is 4.74 Å². The number of hydroxylamine groups is 1. The second-order valence-electron chi connectivity index (χ2n) is 3.96. The van der Waals surface area contributed by atoms with Crippen molar-refractivity contribution in [2.24, 2.45) is 0 Å². The third-order valence-electron chi connectivity index (χ3n) is 2.24. The van der Waals surface area contributed by atoms with Crippen LogP contribution in [0.15, 0.2) is 30.3 Å². The Labute approximate surface area is 117 Å². The zero-order valence-electron chi connectivity index (χ0n) is 11.2. The van der Waals surface area contributed by atoms with Crippen molar-refractivity contribution in [3.63, 3.8) is 0 Å². The Bertz CT molecular complexity index is 516. The van der Waals surface area contributed by atoms with Gasteiger partial charge in [0.15, 0.2) is 6.04 Å². The van der Waals surface area contributed by atoms with Gasteiger partial charge in [-0.3, -0.25) is 13.8 Å². The van der Waals surface area contributed by atoms with Gasteiger partial charge in [-0.15, -0.1) is 0 Å². The fourth-order valence-corrected chi connectivity index (χ4v) is 1.67. The molecule has 0 spiro atoms. The quantitative estimate of drug-likeness (QED) is 0.417. The molecule has 1 atom stereocenters. The third-order valence-corrected chi connectivity index (χ3v) is 2.81. The average molecular weight is 303 g/mol. The Balaban J connectivity index is 2.46. The van der Waals surface area contributed by atoms with Gasteiger partial charge in [0.05, 0.1) is 26.6 Å². The van der Waals surface area contributed by atoms with Crippen molar-refractivity contribution in [2.45, 2.75) is 12.6 Å². The number of methoxy groups -OCH3 is 1. The van der Waals surface area contributed by atoms with Gasteiger partial charge in [-0.2, -0.15) is 13.9 Å². The van der Waals surface area contributed by atoms with Gasteiger partial charge in [-0.25, -0.2) is 0 Å². The molecule has 20 heavy (non-hydrogen) atoms. The van der Waals surface area contributed by atoms with E-state index < -0.39 is 28.7 Å².